The molecule has 2 aromatic rings. The Morgan fingerprint density at radius 2 is 1.75 bits per heavy atom. The van der Waals surface area contributed by atoms with Crippen LogP contribution in [0.25, 0.3) is 0 Å². The van der Waals surface area contributed by atoms with Crippen LogP contribution in [0.3, 0.4) is 0 Å². The van der Waals surface area contributed by atoms with Crippen molar-refractivity contribution in [3.8, 4) is 0 Å². The normalized spacial score (nSPS) is 10.2. The summed E-state index contributed by atoms with van der Waals surface area (Å²) in [7, 11) is 0. The SMILES string of the molecule is Cc1ccc(C(=O)CSc2cccc(C(=O)O)c2)cc1. The van der Waals surface area contributed by atoms with E-state index in [9.17, 15) is 9.59 Å². The molecule has 0 spiro atoms. The average molecular weight is 286 g/mol. The van der Waals surface area contributed by atoms with Crippen LogP contribution in [0, 0.1) is 6.92 Å². The van der Waals surface area contributed by atoms with Gasteiger partial charge in [-0.3, -0.25) is 4.79 Å². The Bertz CT molecular complexity index is 632. The molecule has 0 aliphatic heterocycles. The zero-order valence-corrected chi connectivity index (χ0v) is 11.8. The van der Waals surface area contributed by atoms with Crippen molar-refractivity contribution < 1.29 is 14.7 Å². The van der Waals surface area contributed by atoms with Gasteiger partial charge in [0.05, 0.1) is 11.3 Å². The molecule has 102 valence electrons. The van der Waals surface area contributed by atoms with E-state index in [0.29, 0.717) is 11.3 Å². The van der Waals surface area contributed by atoms with Gasteiger partial charge in [-0.1, -0.05) is 35.9 Å². The number of aromatic carboxylic acids is 1. The van der Waals surface area contributed by atoms with E-state index in [4.69, 9.17) is 5.11 Å². The number of aryl methyl sites for hydroxylation is 1. The molecule has 0 aromatic heterocycles. The number of Topliss-reactive ketones (excluding diaryl/α,β-unsaturated/α-hetero) is 1. The van der Waals surface area contributed by atoms with E-state index in [1.165, 1.54) is 17.8 Å². The van der Waals surface area contributed by atoms with Crippen molar-refractivity contribution in [1.82, 2.24) is 0 Å². The predicted octanol–water partition coefficient (Wildman–Crippen LogP) is 3.67. The minimum absolute atomic E-state index is 0.0377. The van der Waals surface area contributed by atoms with Crippen molar-refractivity contribution in [2.24, 2.45) is 0 Å². The van der Waals surface area contributed by atoms with E-state index in [-0.39, 0.29) is 11.3 Å². The van der Waals surface area contributed by atoms with Gasteiger partial charge < -0.3 is 5.11 Å². The first kappa shape index (κ1) is 14.3. The Balaban J connectivity index is 2.01. The second-order valence-electron chi connectivity index (χ2n) is 4.41. The van der Waals surface area contributed by atoms with Crippen molar-refractivity contribution in [2.45, 2.75) is 11.8 Å². The molecule has 0 saturated carbocycles. The summed E-state index contributed by atoms with van der Waals surface area (Å²) in [4.78, 5) is 23.7. The lowest BCUT2D eigenvalue weighted by Gasteiger charge is -2.03. The number of carbonyl (C=O) groups excluding carboxylic acids is 1. The van der Waals surface area contributed by atoms with Crippen molar-refractivity contribution >= 4 is 23.5 Å². The van der Waals surface area contributed by atoms with Crippen molar-refractivity contribution in [3.63, 3.8) is 0 Å². The summed E-state index contributed by atoms with van der Waals surface area (Å²) in [6.07, 6.45) is 0. The number of carboxylic acids is 1. The standard InChI is InChI=1S/C16H14O3S/c1-11-5-7-12(8-6-11)15(17)10-20-14-4-2-3-13(9-14)16(18)19/h2-9H,10H2,1H3,(H,18,19). The van der Waals surface area contributed by atoms with Crippen LogP contribution in [-0.4, -0.2) is 22.6 Å². The summed E-state index contributed by atoms with van der Waals surface area (Å²) in [5.74, 6) is -0.625. The molecule has 0 aliphatic rings. The van der Waals surface area contributed by atoms with Crippen molar-refractivity contribution in [2.75, 3.05) is 5.75 Å². The van der Waals surface area contributed by atoms with Crippen LogP contribution >= 0.6 is 11.8 Å². The molecule has 0 radical (unpaired) electrons. The molecular formula is C16H14O3S. The lowest BCUT2D eigenvalue weighted by molar-refractivity contribution is 0.0696. The third-order valence-electron chi connectivity index (χ3n) is 2.82. The summed E-state index contributed by atoms with van der Waals surface area (Å²) in [6.45, 7) is 1.97. The van der Waals surface area contributed by atoms with E-state index in [2.05, 4.69) is 0 Å². The molecule has 0 fully saturated rings. The number of hydrogen-bond donors (Lipinski definition) is 1. The summed E-state index contributed by atoms with van der Waals surface area (Å²) >= 11 is 1.35. The van der Waals surface area contributed by atoms with Crippen LogP contribution in [0.1, 0.15) is 26.3 Å². The fraction of sp³-hybridized carbons (Fsp3) is 0.125. The largest absolute Gasteiger partial charge is 0.478 e. The Kier molecular flexibility index (Phi) is 4.58. The minimum Gasteiger partial charge on any atom is -0.478 e. The smallest absolute Gasteiger partial charge is 0.335 e. The fourth-order valence-corrected chi connectivity index (χ4v) is 2.54. The van der Waals surface area contributed by atoms with Crippen molar-refractivity contribution in [3.05, 3.63) is 65.2 Å². The highest BCUT2D eigenvalue weighted by Gasteiger charge is 2.08. The van der Waals surface area contributed by atoms with E-state index < -0.39 is 5.97 Å². The Labute approximate surface area is 121 Å². The number of benzene rings is 2. The summed E-state index contributed by atoms with van der Waals surface area (Å²) in [5.41, 5.74) is 2.03. The van der Waals surface area contributed by atoms with Gasteiger partial charge in [0.15, 0.2) is 5.78 Å². The van der Waals surface area contributed by atoms with Gasteiger partial charge in [0.2, 0.25) is 0 Å². The number of carboxylic acid groups (broad SMARTS) is 1. The van der Waals surface area contributed by atoms with Gasteiger partial charge in [-0.15, -0.1) is 11.8 Å². The van der Waals surface area contributed by atoms with Crippen LogP contribution < -0.4 is 0 Å². The second-order valence-corrected chi connectivity index (χ2v) is 5.46. The van der Waals surface area contributed by atoms with Gasteiger partial charge in [0.25, 0.3) is 0 Å². The maximum Gasteiger partial charge on any atom is 0.335 e. The summed E-state index contributed by atoms with van der Waals surface area (Å²) in [6, 6.07) is 14.0. The molecule has 3 nitrogen and oxygen atoms in total. The molecule has 0 bridgehead atoms. The van der Waals surface area contributed by atoms with Crippen LogP contribution in [0.2, 0.25) is 0 Å². The van der Waals surface area contributed by atoms with Crippen LogP contribution in [0.5, 0.6) is 0 Å². The summed E-state index contributed by atoms with van der Waals surface area (Å²) in [5, 5.41) is 8.91. The van der Waals surface area contributed by atoms with Gasteiger partial charge >= 0.3 is 5.97 Å². The molecule has 0 atom stereocenters. The first-order valence-electron chi connectivity index (χ1n) is 6.12. The third kappa shape index (κ3) is 3.71. The van der Waals surface area contributed by atoms with Gasteiger partial charge in [-0.25, -0.2) is 4.79 Å². The maximum atomic E-state index is 12.0. The molecule has 2 aromatic carbocycles. The lowest BCUT2D eigenvalue weighted by Crippen LogP contribution is -2.02. The first-order valence-corrected chi connectivity index (χ1v) is 7.11. The number of thioether (sulfide) groups is 1. The number of carbonyl (C=O) groups is 2. The highest BCUT2D eigenvalue weighted by Crippen LogP contribution is 2.20. The topological polar surface area (TPSA) is 54.4 Å². The zero-order chi connectivity index (χ0) is 14.5. The third-order valence-corrected chi connectivity index (χ3v) is 3.82. The Morgan fingerprint density at radius 1 is 1.05 bits per heavy atom. The Hall–Kier alpha value is -2.07. The molecule has 0 amide bonds. The van der Waals surface area contributed by atoms with Gasteiger partial charge in [-0.2, -0.15) is 0 Å². The molecule has 0 saturated heterocycles. The molecule has 0 unspecified atom stereocenters. The van der Waals surface area contributed by atoms with E-state index >= 15 is 0 Å². The van der Waals surface area contributed by atoms with Gasteiger partial charge in [-0.05, 0) is 25.1 Å². The number of hydrogen-bond acceptors (Lipinski definition) is 3. The van der Waals surface area contributed by atoms with E-state index in [0.717, 1.165) is 10.5 Å². The maximum absolute atomic E-state index is 12.0. The number of ketones is 1. The highest BCUT2D eigenvalue weighted by molar-refractivity contribution is 8.00. The fourth-order valence-electron chi connectivity index (χ4n) is 1.69. The molecular weight excluding hydrogens is 272 g/mol. The van der Waals surface area contributed by atoms with Gasteiger partial charge in [0.1, 0.15) is 0 Å². The van der Waals surface area contributed by atoms with Crippen LogP contribution in [0.15, 0.2) is 53.4 Å². The highest BCUT2D eigenvalue weighted by atomic mass is 32.2. The van der Waals surface area contributed by atoms with Crippen LogP contribution in [0.4, 0.5) is 0 Å². The molecule has 20 heavy (non-hydrogen) atoms. The summed E-state index contributed by atoms with van der Waals surface area (Å²) < 4.78 is 0. The second kappa shape index (κ2) is 6.39. The van der Waals surface area contributed by atoms with E-state index in [1.54, 1.807) is 18.2 Å². The molecule has 4 heteroatoms. The molecule has 2 rings (SSSR count). The minimum atomic E-state index is -0.961. The quantitative estimate of drug-likeness (QED) is 0.673. The average Bonchev–Trinajstić information content (AvgIpc) is 2.46. The Morgan fingerprint density at radius 3 is 2.40 bits per heavy atom. The van der Waals surface area contributed by atoms with E-state index in [1.807, 2.05) is 31.2 Å². The van der Waals surface area contributed by atoms with Crippen molar-refractivity contribution in [1.29, 1.82) is 0 Å². The predicted molar refractivity (Wildman–Crippen MR) is 79.6 cm³/mol. The zero-order valence-electron chi connectivity index (χ0n) is 11.0. The molecule has 0 heterocycles. The van der Waals surface area contributed by atoms with Gasteiger partial charge in [0, 0.05) is 10.5 Å². The number of rotatable bonds is 5. The molecule has 1 N–H and O–H groups in total. The van der Waals surface area contributed by atoms with Crippen LogP contribution in [-0.2, 0) is 0 Å². The molecule has 0 aliphatic carbocycles. The monoisotopic (exact) mass is 286 g/mol. The lowest BCUT2D eigenvalue weighted by atomic mass is 10.1. The first-order chi connectivity index (χ1) is 9.56.